The van der Waals surface area contributed by atoms with Gasteiger partial charge in [0.2, 0.25) is 0 Å². The van der Waals surface area contributed by atoms with Gasteiger partial charge in [-0.05, 0) is 31.9 Å². The number of aliphatic hydroxyl groups is 3. The quantitative estimate of drug-likeness (QED) is 0.610. The van der Waals surface area contributed by atoms with E-state index in [4.69, 9.17) is 4.74 Å². The lowest BCUT2D eigenvalue weighted by Crippen LogP contribution is -2.52. The van der Waals surface area contributed by atoms with Crippen LogP contribution in [0, 0.1) is 11.8 Å². The van der Waals surface area contributed by atoms with E-state index in [1.165, 1.54) is 26.2 Å². The largest absolute Gasteiger partial charge is 0.504 e. The zero-order valence-electron chi connectivity index (χ0n) is 12.5. The fraction of sp³-hybridized carbons (Fsp3) is 0.562. The molecule has 2 unspecified atom stereocenters. The van der Waals surface area contributed by atoms with Crippen molar-refractivity contribution < 1.29 is 30.0 Å². The highest BCUT2D eigenvalue weighted by Crippen LogP contribution is 2.51. The van der Waals surface area contributed by atoms with Gasteiger partial charge >= 0.3 is 0 Å². The first-order chi connectivity index (χ1) is 10.3. The Kier molecular flexibility index (Phi) is 3.43. The van der Waals surface area contributed by atoms with E-state index in [1.54, 1.807) is 0 Å². The average Bonchev–Trinajstić information content (AvgIpc) is 2.46. The second kappa shape index (κ2) is 4.94. The number of ketones is 1. The third-order valence-corrected chi connectivity index (χ3v) is 5.06. The average molecular weight is 308 g/mol. The number of rotatable bonds is 1. The molecule has 0 bridgehead atoms. The van der Waals surface area contributed by atoms with Gasteiger partial charge in [0.05, 0.1) is 24.9 Å². The highest BCUT2D eigenvalue weighted by atomic mass is 16.5. The molecule has 0 amide bonds. The van der Waals surface area contributed by atoms with Crippen molar-refractivity contribution in [2.75, 3.05) is 7.11 Å². The molecule has 0 aromatic heterocycles. The van der Waals surface area contributed by atoms with E-state index in [2.05, 4.69) is 0 Å². The lowest BCUT2D eigenvalue weighted by molar-refractivity contribution is -0.131. The van der Waals surface area contributed by atoms with Crippen molar-refractivity contribution in [3.05, 3.63) is 23.3 Å². The normalized spacial score (nSPS) is 37.4. The Morgan fingerprint density at radius 3 is 2.64 bits per heavy atom. The molecule has 0 heterocycles. The van der Waals surface area contributed by atoms with E-state index < -0.39 is 29.6 Å². The number of Topliss-reactive ketones (excluding diaryl/α,β-unsaturated/α-hetero) is 1. The number of carbonyl (C=O) groups excluding carboxylic acids is 1. The molecule has 0 spiro atoms. The van der Waals surface area contributed by atoms with Crippen LogP contribution in [0.3, 0.4) is 0 Å². The number of aliphatic hydroxyl groups excluding tert-OH is 2. The SMILES string of the molecule is COc1ccc2c(c1O)[C@H](O)C1C[C@](C)(O)[C@H](O)CC1C2=O. The van der Waals surface area contributed by atoms with E-state index in [-0.39, 0.29) is 41.3 Å². The number of hydrogen-bond acceptors (Lipinski definition) is 6. The lowest BCUT2D eigenvalue weighted by atomic mass is 9.62. The van der Waals surface area contributed by atoms with E-state index in [1.807, 2.05) is 0 Å². The minimum Gasteiger partial charge on any atom is -0.504 e. The molecule has 4 N–H and O–H groups in total. The molecule has 1 aromatic rings. The Morgan fingerprint density at radius 1 is 1.32 bits per heavy atom. The minimum atomic E-state index is -1.37. The summed E-state index contributed by atoms with van der Waals surface area (Å²) in [6, 6.07) is 3.00. The number of phenols is 1. The van der Waals surface area contributed by atoms with Gasteiger partial charge in [0.1, 0.15) is 0 Å². The number of aromatic hydroxyl groups is 1. The molecule has 2 aliphatic rings. The summed E-state index contributed by atoms with van der Waals surface area (Å²) in [5.74, 6) is -1.39. The van der Waals surface area contributed by atoms with Crippen molar-refractivity contribution >= 4 is 5.78 Å². The maximum atomic E-state index is 12.6. The zero-order valence-corrected chi connectivity index (χ0v) is 12.5. The Balaban J connectivity index is 2.11. The second-order valence-electron chi connectivity index (χ2n) is 6.47. The van der Waals surface area contributed by atoms with E-state index in [9.17, 15) is 25.2 Å². The van der Waals surface area contributed by atoms with Gasteiger partial charge in [-0.25, -0.2) is 0 Å². The molecule has 3 rings (SSSR count). The van der Waals surface area contributed by atoms with Crippen LogP contribution >= 0.6 is 0 Å². The smallest absolute Gasteiger partial charge is 0.166 e. The summed E-state index contributed by atoms with van der Waals surface area (Å²) < 4.78 is 5.03. The van der Waals surface area contributed by atoms with Gasteiger partial charge in [-0.2, -0.15) is 0 Å². The zero-order chi connectivity index (χ0) is 16.2. The number of benzene rings is 1. The second-order valence-corrected chi connectivity index (χ2v) is 6.47. The molecule has 0 aliphatic heterocycles. The molecule has 0 saturated heterocycles. The summed E-state index contributed by atoms with van der Waals surface area (Å²) in [7, 11) is 1.39. The van der Waals surface area contributed by atoms with Crippen molar-refractivity contribution in [1.82, 2.24) is 0 Å². The van der Waals surface area contributed by atoms with Gasteiger partial charge in [0.15, 0.2) is 17.3 Å². The minimum absolute atomic E-state index is 0.0851. The lowest BCUT2D eigenvalue weighted by Gasteiger charge is -2.46. The number of ether oxygens (including phenoxy) is 1. The van der Waals surface area contributed by atoms with Gasteiger partial charge in [0, 0.05) is 23.0 Å². The summed E-state index contributed by atoms with van der Waals surface area (Å²) in [6.45, 7) is 1.49. The van der Waals surface area contributed by atoms with Gasteiger partial charge in [-0.15, -0.1) is 0 Å². The number of carbonyl (C=O) groups is 1. The van der Waals surface area contributed by atoms with E-state index >= 15 is 0 Å². The maximum absolute atomic E-state index is 12.6. The number of methoxy groups -OCH3 is 1. The molecule has 6 heteroatoms. The van der Waals surface area contributed by atoms with Crippen LogP contribution in [0.25, 0.3) is 0 Å². The summed E-state index contributed by atoms with van der Waals surface area (Å²) in [4.78, 5) is 12.6. The molecule has 1 saturated carbocycles. The Hall–Kier alpha value is -1.63. The third kappa shape index (κ3) is 2.02. The van der Waals surface area contributed by atoms with Crippen molar-refractivity contribution in [2.45, 2.75) is 37.6 Å². The van der Waals surface area contributed by atoms with Crippen molar-refractivity contribution in [3.8, 4) is 11.5 Å². The van der Waals surface area contributed by atoms with E-state index in [0.29, 0.717) is 0 Å². The first-order valence-electron chi connectivity index (χ1n) is 7.30. The predicted molar refractivity (Wildman–Crippen MR) is 76.8 cm³/mol. The van der Waals surface area contributed by atoms with Crippen LogP contribution in [0.1, 0.15) is 41.8 Å². The van der Waals surface area contributed by atoms with E-state index in [0.717, 1.165) is 0 Å². The first kappa shape index (κ1) is 15.3. The summed E-state index contributed by atoms with van der Waals surface area (Å²) in [5, 5.41) is 41.1. The van der Waals surface area contributed by atoms with Crippen LogP contribution < -0.4 is 4.74 Å². The van der Waals surface area contributed by atoms with Crippen molar-refractivity contribution in [2.24, 2.45) is 11.8 Å². The van der Waals surface area contributed by atoms with Crippen molar-refractivity contribution in [3.63, 3.8) is 0 Å². The Morgan fingerprint density at radius 2 is 2.00 bits per heavy atom. The molecule has 22 heavy (non-hydrogen) atoms. The molecule has 1 aromatic carbocycles. The molecule has 0 radical (unpaired) electrons. The van der Waals surface area contributed by atoms with Gasteiger partial charge < -0.3 is 25.2 Å². The third-order valence-electron chi connectivity index (χ3n) is 5.06. The maximum Gasteiger partial charge on any atom is 0.166 e. The topological polar surface area (TPSA) is 107 Å². The van der Waals surface area contributed by atoms with Crippen molar-refractivity contribution in [1.29, 1.82) is 0 Å². The van der Waals surface area contributed by atoms with Gasteiger partial charge in [-0.3, -0.25) is 4.79 Å². The Bertz CT molecular complexity index is 623. The van der Waals surface area contributed by atoms with Crippen LogP contribution in [0.5, 0.6) is 11.5 Å². The number of phenolic OH excluding ortho intramolecular Hbond substituents is 1. The first-order valence-corrected chi connectivity index (χ1v) is 7.30. The monoisotopic (exact) mass is 308 g/mol. The molecular formula is C16H20O6. The van der Waals surface area contributed by atoms with Gasteiger partial charge in [0.25, 0.3) is 0 Å². The van der Waals surface area contributed by atoms with Crippen LogP contribution in [-0.2, 0) is 0 Å². The van der Waals surface area contributed by atoms with Gasteiger partial charge in [-0.1, -0.05) is 0 Å². The van der Waals surface area contributed by atoms with Crippen LogP contribution in [-0.4, -0.2) is 45.0 Å². The number of fused-ring (bicyclic) bond motifs is 2. The molecular weight excluding hydrogens is 288 g/mol. The molecule has 120 valence electrons. The predicted octanol–water partition coefficient (Wildman–Crippen LogP) is 0.769. The van der Waals surface area contributed by atoms with Crippen LogP contribution in [0.4, 0.5) is 0 Å². The molecule has 5 atom stereocenters. The Labute approximate surface area is 128 Å². The summed E-state index contributed by atoms with van der Waals surface area (Å²) in [6.07, 6.45) is -1.92. The highest BCUT2D eigenvalue weighted by Gasteiger charge is 2.52. The van der Waals surface area contributed by atoms with Crippen LogP contribution in [0.2, 0.25) is 0 Å². The summed E-state index contributed by atoms with van der Waals surface area (Å²) >= 11 is 0. The standard InChI is InChI=1S/C16H20O6/c1-16(21)6-9-8(5-11(16)17)13(18)7-3-4-10(22-2)15(20)12(7)14(9)19/h3-4,8-9,11,14,17,19-21H,5-6H2,1-2H3/t8?,9?,11-,14-,16+/m1/s1. The molecule has 6 nitrogen and oxygen atoms in total. The fourth-order valence-electron chi connectivity index (χ4n) is 3.74. The summed E-state index contributed by atoms with van der Waals surface area (Å²) in [5.41, 5.74) is -0.965. The molecule has 1 fully saturated rings. The number of hydrogen-bond donors (Lipinski definition) is 4. The highest BCUT2D eigenvalue weighted by molar-refractivity contribution is 6.01. The fourth-order valence-corrected chi connectivity index (χ4v) is 3.74. The molecule has 2 aliphatic carbocycles. The van der Waals surface area contributed by atoms with Crippen LogP contribution in [0.15, 0.2) is 12.1 Å².